The summed E-state index contributed by atoms with van der Waals surface area (Å²) in [6.45, 7) is 2.37. The van der Waals surface area contributed by atoms with Crippen molar-refractivity contribution in [1.29, 1.82) is 0 Å². The van der Waals surface area contributed by atoms with E-state index >= 15 is 0 Å². The van der Waals surface area contributed by atoms with Gasteiger partial charge in [0.15, 0.2) is 0 Å². The molecular weight excluding hydrogens is 358 g/mol. The van der Waals surface area contributed by atoms with Gasteiger partial charge in [-0.1, -0.05) is 6.92 Å². The number of piperidine rings is 1. The zero-order chi connectivity index (χ0) is 19.3. The molecular formula is C17H25N3O5S. The number of hydrogen-bond acceptors (Lipinski definition) is 5. The molecule has 0 radical (unpaired) electrons. The lowest BCUT2D eigenvalue weighted by Crippen LogP contribution is -2.49. The van der Waals surface area contributed by atoms with E-state index in [4.69, 9.17) is 4.74 Å². The Hall–Kier alpha value is -2.29. The van der Waals surface area contributed by atoms with Gasteiger partial charge in [-0.25, -0.2) is 8.42 Å². The molecule has 2 amide bonds. The van der Waals surface area contributed by atoms with Crippen LogP contribution < -0.4 is 14.8 Å². The second-order valence-corrected chi connectivity index (χ2v) is 7.98. The zero-order valence-electron chi connectivity index (χ0n) is 15.2. The van der Waals surface area contributed by atoms with Crippen LogP contribution in [-0.2, 0) is 19.6 Å². The van der Waals surface area contributed by atoms with Gasteiger partial charge < -0.3 is 15.0 Å². The fourth-order valence-electron chi connectivity index (χ4n) is 2.98. The van der Waals surface area contributed by atoms with Gasteiger partial charge >= 0.3 is 0 Å². The molecule has 2 N–H and O–H groups in total. The van der Waals surface area contributed by atoms with Crippen molar-refractivity contribution in [2.24, 2.45) is 0 Å². The van der Waals surface area contributed by atoms with Gasteiger partial charge in [-0.2, -0.15) is 0 Å². The molecule has 1 aliphatic heterocycles. The van der Waals surface area contributed by atoms with E-state index in [1.54, 1.807) is 24.0 Å². The maximum absolute atomic E-state index is 12.7. The number of rotatable bonds is 6. The van der Waals surface area contributed by atoms with Gasteiger partial charge in [0.2, 0.25) is 21.8 Å². The highest BCUT2D eigenvalue weighted by Crippen LogP contribution is 2.29. The molecule has 0 aromatic heterocycles. The number of hydrogen-bond donors (Lipinski definition) is 2. The molecule has 0 spiro atoms. The number of carbonyl (C=O) groups excluding carboxylic acids is 2. The highest BCUT2D eigenvalue weighted by Gasteiger charge is 2.31. The Bertz CT molecular complexity index is 779. The molecule has 1 aromatic carbocycles. The lowest BCUT2D eigenvalue weighted by atomic mass is 10.0. The number of nitrogens with zero attached hydrogens (tertiary/aromatic N) is 1. The van der Waals surface area contributed by atoms with Crippen LogP contribution in [0.15, 0.2) is 18.2 Å². The van der Waals surface area contributed by atoms with E-state index in [0.717, 1.165) is 19.1 Å². The normalized spacial score (nSPS) is 17.5. The standard InChI is InChI=1S/C17H25N3O5S/c1-4-16(21)20-10-6-5-7-14(20)17(22)18-12-8-9-13(15(11-12)25-2)19-26(3,23)24/h8-9,11,14,19H,4-7,10H2,1-3H3,(H,18,22). The maximum Gasteiger partial charge on any atom is 0.247 e. The summed E-state index contributed by atoms with van der Waals surface area (Å²) in [7, 11) is -2.03. The van der Waals surface area contributed by atoms with Crippen molar-refractivity contribution in [3.63, 3.8) is 0 Å². The summed E-state index contributed by atoms with van der Waals surface area (Å²) in [5, 5.41) is 2.80. The summed E-state index contributed by atoms with van der Waals surface area (Å²) in [5.41, 5.74) is 0.758. The number of anilines is 2. The summed E-state index contributed by atoms with van der Waals surface area (Å²) in [6, 6.07) is 4.16. The van der Waals surface area contributed by atoms with Crippen LogP contribution in [0.2, 0.25) is 0 Å². The Kier molecular flexibility index (Phi) is 6.47. The number of carbonyl (C=O) groups is 2. The van der Waals surface area contributed by atoms with Crippen molar-refractivity contribution >= 4 is 33.2 Å². The number of sulfonamides is 1. The minimum absolute atomic E-state index is 0.0323. The first-order valence-corrected chi connectivity index (χ1v) is 10.4. The minimum Gasteiger partial charge on any atom is -0.494 e. The largest absolute Gasteiger partial charge is 0.494 e. The average Bonchev–Trinajstić information content (AvgIpc) is 2.61. The predicted octanol–water partition coefficient (Wildman–Crippen LogP) is 1.80. The predicted molar refractivity (Wildman–Crippen MR) is 99.7 cm³/mol. The smallest absolute Gasteiger partial charge is 0.247 e. The average molecular weight is 383 g/mol. The van der Waals surface area contributed by atoms with Gasteiger partial charge in [0.25, 0.3) is 0 Å². The molecule has 144 valence electrons. The number of benzene rings is 1. The molecule has 1 aromatic rings. The van der Waals surface area contributed by atoms with Crippen molar-refractivity contribution in [3.05, 3.63) is 18.2 Å². The van der Waals surface area contributed by atoms with Gasteiger partial charge in [-0.3, -0.25) is 14.3 Å². The van der Waals surface area contributed by atoms with Crippen molar-refractivity contribution in [2.75, 3.05) is 29.9 Å². The third-order valence-corrected chi connectivity index (χ3v) is 4.78. The van der Waals surface area contributed by atoms with E-state index < -0.39 is 16.1 Å². The molecule has 26 heavy (non-hydrogen) atoms. The number of ether oxygens (including phenoxy) is 1. The fraction of sp³-hybridized carbons (Fsp3) is 0.529. The van der Waals surface area contributed by atoms with Gasteiger partial charge in [0.1, 0.15) is 11.8 Å². The summed E-state index contributed by atoms with van der Waals surface area (Å²) in [5.74, 6) is 0.00543. The van der Waals surface area contributed by atoms with Crippen LogP contribution in [-0.4, -0.2) is 51.1 Å². The van der Waals surface area contributed by atoms with E-state index in [0.29, 0.717) is 30.8 Å². The highest BCUT2D eigenvalue weighted by molar-refractivity contribution is 7.92. The number of likely N-dealkylation sites (tertiary alicyclic amines) is 1. The van der Waals surface area contributed by atoms with Crippen LogP contribution in [0.3, 0.4) is 0 Å². The summed E-state index contributed by atoms with van der Waals surface area (Å²) >= 11 is 0. The first-order chi connectivity index (χ1) is 12.2. The van der Waals surface area contributed by atoms with E-state index in [9.17, 15) is 18.0 Å². The van der Waals surface area contributed by atoms with Gasteiger partial charge in [0.05, 0.1) is 19.1 Å². The molecule has 9 heteroatoms. The summed E-state index contributed by atoms with van der Waals surface area (Å²) in [4.78, 5) is 26.4. The molecule has 8 nitrogen and oxygen atoms in total. The summed E-state index contributed by atoms with van der Waals surface area (Å²) in [6.07, 6.45) is 3.83. The number of nitrogens with one attached hydrogen (secondary N) is 2. The molecule has 0 saturated carbocycles. The highest BCUT2D eigenvalue weighted by atomic mass is 32.2. The number of amides is 2. The SMILES string of the molecule is CCC(=O)N1CCCCC1C(=O)Nc1ccc(NS(C)(=O)=O)c(OC)c1. The molecule has 1 heterocycles. The Morgan fingerprint density at radius 1 is 1.31 bits per heavy atom. The monoisotopic (exact) mass is 383 g/mol. The second-order valence-electron chi connectivity index (χ2n) is 6.23. The molecule has 1 aliphatic rings. The van der Waals surface area contributed by atoms with E-state index in [1.807, 2.05) is 0 Å². The Morgan fingerprint density at radius 2 is 2.04 bits per heavy atom. The lowest BCUT2D eigenvalue weighted by Gasteiger charge is -2.34. The molecule has 1 atom stereocenters. The fourth-order valence-corrected chi connectivity index (χ4v) is 3.55. The maximum atomic E-state index is 12.7. The van der Waals surface area contributed by atoms with Crippen molar-refractivity contribution in [3.8, 4) is 5.75 Å². The third kappa shape index (κ3) is 5.10. The summed E-state index contributed by atoms with van der Waals surface area (Å²) < 4.78 is 30.3. The zero-order valence-corrected chi connectivity index (χ0v) is 16.1. The van der Waals surface area contributed by atoms with E-state index in [-0.39, 0.29) is 17.5 Å². The topological polar surface area (TPSA) is 105 Å². The Morgan fingerprint density at radius 3 is 2.65 bits per heavy atom. The van der Waals surface area contributed by atoms with E-state index in [2.05, 4.69) is 10.0 Å². The molecule has 0 aliphatic carbocycles. The lowest BCUT2D eigenvalue weighted by molar-refractivity contribution is -0.140. The molecule has 1 fully saturated rings. The quantitative estimate of drug-likeness (QED) is 0.779. The van der Waals surface area contributed by atoms with Gasteiger partial charge in [-0.15, -0.1) is 0 Å². The van der Waals surface area contributed by atoms with Crippen LogP contribution in [0.4, 0.5) is 11.4 Å². The van der Waals surface area contributed by atoms with Gasteiger partial charge in [-0.05, 0) is 31.4 Å². The van der Waals surface area contributed by atoms with Crippen LogP contribution >= 0.6 is 0 Å². The Balaban J connectivity index is 2.16. The van der Waals surface area contributed by atoms with Crippen molar-refractivity contribution < 1.29 is 22.7 Å². The molecule has 0 bridgehead atoms. The van der Waals surface area contributed by atoms with Crippen LogP contribution in [0.5, 0.6) is 5.75 Å². The van der Waals surface area contributed by atoms with Crippen LogP contribution in [0, 0.1) is 0 Å². The minimum atomic E-state index is -3.44. The molecule has 1 saturated heterocycles. The second kappa shape index (κ2) is 8.39. The van der Waals surface area contributed by atoms with Gasteiger partial charge in [0, 0.05) is 24.7 Å². The van der Waals surface area contributed by atoms with Crippen molar-refractivity contribution in [1.82, 2.24) is 4.90 Å². The first-order valence-electron chi connectivity index (χ1n) is 8.51. The van der Waals surface area contributed by atoms with Crippen molar-refractivity contribution in [2.45, 2.75) is 38.6 Å². The van der Waals surface area contributed by atoms with Crippen LogP contribution in [0.1, 0.15) is 32.6 Å². The molecule has 2 rings (SSSR count). The van der Waals surface area contributed by atoms with E-state index in [1.165, 1.54) is 13.2 Å². The molecule has 1 unspecified atom stereocenters. The number of methoxy groups -OCH3 is 1. The Labute approximate surface area is 153 Å². The third-order valence-electron chi connectivity index (χ3n) is 4.19. The first kappa shape index (κ1) is 20.0. The van der Waals surface area contributed by atoms with Crippen LogP contribution in [0.25, 0.3) is 0 Å².